The maximum atomic E-state index is 13.8. The maximum absolute atomic E-state index is 13.8. The second-order valence-electron chi connectivity index (χ2n) is 4.89. The van der Waals surface area contributed by atoms with Gasteiger partial charge in [0.05, 0.1) is 36.1 Å². The molecular formula is C15H12F3N5. The maximum Gasteiger partial charge on any atom is 0.223 e. The molecule has 0 fully saturated rings. The van der Waals surface area contributed by atoms with E-state index >= 15 is 0 Å². The van der Waals surface area contributed by atoms with Crippen molar-refractivity contribution in [1.82, 2.24) is 19.5 Å². The van der Waals surface area contributed by atoms with Crippen LogP contribution in [0.3, 0.4) is 0 Å². The summed E-state index contributed by atoms with van der Waals surface area (Å²) in [5.74, 6) is -1.60. The van der Waals surface area contributed by atoms with Gasteiger partial charge < -0.3 is 9.88 Å². The van der Waals surface area contributed by atoms with E-state index in [2.05, 4.69) is 20.3 Å². The molecule has 0 saturated heterocycles. The van der Waals surface area contributed by atoms with Crippen molar-refractivity contribution in [3.05, 3.63) is 66.3 Å². The standard InChI is InChI=1S/C15H12F3N5/c1-9(22-15-19-5-11(17)6-20-15)13-7-23(8-21-13)14-3-2-10(16)4-12(14)18/h2-9H,1H3,(H,19,20,22)/t9-/m0/s1. The van der Waals surface area contributed by atoms with Gasteiger partial charge in [-0.3, -0.25) is 0 Å². The monoisotopic (exact) mass is 319 g/mol. The van der Waals surface area contributed by atoms with E-state index in [0.717, 1.165) is 18.5 Å². The Balaban J connectivity index is 1.79. The first-order valence-electron chi connectivity index (χ1n) is 6.76. The molecule has 118 valence electrons. The first kappa shape index (κ1) is 15.0. The van der Waals surface area contributed by atoms with Crippen LogP contribution in [0.1, 0.15) is 18.7 Å². The summed E-state index contributed by atoms with van der Waals surface area (Å²) in [6.07, 6.45) is 5.13. The molecule has 2 aromatic heterocycles. The van der Waals surface area contributed by atoms with Crippen LogP contribution in [-0.4, -0.2) is 19.5 Å². The molecule has 23 heavy (non-hydrogen) atoms. The van der Waals surface area contributed by atoms with Gasteiger partial charge in [-0.2, -0.15) is 0 Å². The molecular weight excluding hydrogens is 307 g/mol. The number of hydrogen-bond acceptors (Lipinski definition) is 4. The molecule has 0 bridgehead atoms. The second-order valence-corrected chi connectivity index (χ2v) is 4.89. The molecule has 0 aliphatic carbocycles. The van der Waals surface area contributed by atoms with Crippen molar-refractivity contribution in [3.8, 4) is 5.69 Å². The topological polar surface area (TPSA) is 55.6 Å². The molecule has 0 saturated carbocycles. The summed E-state index contributed by atoms with van der Waals surface area (Å²) in [5.41, 5.74) is 0.789. The lowest BCUT2D eigenvalue weighted by Gasteiger charge is -2.10. The van der Waals surface area contributed by atoms with Gasteiger partial charge in [0.15, 0.2) is 5.82 Å². The Morgan fingerprint density at radius 1 is 1.04 bits per heavy atom. The summed E-state index contributed by atoms with van der Waals surface area (Å²) in [6.45, 7) is 1.81. The zero-order valence-electron chi connectivity index (χ0n) is 12.0. The molecule has 5 nitrogen and oxygen atoms in total. The molecule has 0 unspecified atom stereocenters. The minimum absolute atomic E-state index is 0.190. The predicted molar refractivity (Wildman–Crippen MR) is 77.5 cm³/mol. The van der Waals surface area contributed by atoms with Gasteiger partial charge in [-0.05, 0) is 19.1 Å². The van der Waals surface area contributed by atoms with Gasteiger partial charge in [-0.1, -0.05) is 0 Å². The van der Waals surface area contributed by atoms with Crippen LogP contribution in [0.5, 0.6) is 0 Å². The first-order valence-corrected chi connectivity index (χ1v) is 6.76. The van der Waals surface area contributed by atoms with E-state index < -0.39 is 17.5 Å². The van der Waals surface area contributed by atoms with Crippen molar-refractivity contribution in [3.63, 3.8) is 0 Å². The summed E-state index contributed by atoms with van der Waals surface area (Å²) < 4.78 is 40.9. The average molecular weight is 319 g/mol. The SMILES string of the molecule is C[C@H](Nc1ncc(F)cn1)c1cn(-c2ccc(F)cc2F)cn1. The van der Waals surface area contributed by atoms with Crippen LogP contribution in [0.15, 0.2) is 43.1 Å². The molecule has 2 heterocycles. The second kappa shape index (κ2) is 6.07. The molecule has 0 radical (unpaired) electrons. The average Bonchev–Trinajstić information content (AvgIpc) is 2.99. The largest absolute Gasteiger partial charge is 0.346 e. The van der Waals surface area contributed by atoms with Crippen LogP contribution in [0, 0.1) is 17.5 Å². The van der Waals surface area contributed by atoms with E-state index in [1.165, 1.54) is 23.0 Å². The third kappa shape index (κ3) is 3.31. The first-order chi connectivity index (χ1) is 11.0. The van der Waals surface area contributed by atoms with E-state index in [1.807, 2.05) is 0 Å². The van der Waals surface area contributed by atoms with Crippen molar-refractivity contribution in [1.29, 1.82) is 0 Å². The zero-order valence-corrected chi connectivity index (χ0v) is 12.0. The molecule has 0 aliphatic rings. The number of rotatable bonds is 4. The van der Waals surface area contributed by atoms with Crippen LogP contribution in [0.4, 0.5) is 19.1 Å². The number of imidazole rings is 1. The zero-order chi connectivity index (χ0) is 16.4. The van der Waals surface area contributed by atoms with Crippen LogP contribution >= 0.6 is 0 Å². The lowest BCUT2D eigenvalue weighted by atomic mass is 10.2. The van der Waals surface area contributed by atoms with Crippen molar-refractivity contribution in [2.75, 3.05) is 5.32 Å². The highest BCUT2D eigenvalue weighted by Gasteiger charge is 2.13. The van der Waals surface area contributed by atoms with Gasteiger partial charge in [-0.25, -0.2) is 28.1 Å². The quantitative estimate of drug-likeness (QED) is 0.802. The lowest BCUT2D eigenvalue weighted by Crippen LogP contribution is -2.09. The van der Waals surface area contributed by atoms with Gasteiger partial charge in [-0.15, -0.1) is 0 Å². The number of benzene rings is 1. The molecule has 3 rings (SSSR count). The molecule has 1 N–H and O–H groups in total. The van der Waals surface area contributed by atoms with Crippen LogP contribution in [0.2, 0.25) is 0 Å². The fourth-order valence-electron chi connectivity index (χ4n) is 2.04. The normalized spacial score (nSPS) is 12.2. The number of nitrogens with zero attached hydrogens (tertiary/aromatic N) is 4. The fourth-order valence-corrected chi connectivity index (χ4v) is 2.04. The van der Waals surface area contributed by atoms with Crippen LogP contribution in [-0.2, 0) is 0 Å². The van der Waals surface area contributed by atoms with Crippen LogP contribution in [0.25, 0.3) is 5.69 Å². The highest BCUT2D eigenvalue weighted by atomic mass is 19.1. The smallest absolute Gasteiger partial charge is 0.223 e. The minimum atomic E-state index is -0.684. The lowest BCUT2D eigenvalue weighted by molar-refractivity contribution is 0.577. The van der Waals surface area contributed by atoms with E-state index in [1.54, 1.807) is 13.1 Å². The number of aromatic nitrogens is 4. The number of halogens is 3. The Morgan fingerprint density at radius 3 is 2.48 bits per heavy atom. The Bertz CT molecular complexity index is 816. The molecule has 0 aliphatic heterocycles. The van der Waals surface area contributed by atoms with E-state index in [0.29, 0.717) is 5.69 Å². The predicted octanol–water partition coefficient (Wildman–Crippen LogP) is 3.25. The van der Waals surface area contributed by atoms with Gasteiger partial charge in [0.2, 0.25) is 5.95 Å². The Hall–Kier alpha value is -2.90. The molecule has 0 spiro atoms. The van der Waals surface area contributed by atoms with Crippen LogP contribution < -0.4 is 5.32 Å². The van der Waals surface area contributed by atoms with Gasteiger partial charge in [0.25, 0.3) is 0 Å². The highest BCUT2D eigenvalue weighted by molar-refractivity contribution is 5.35. The number of hydrogen-bond donors (Lipinski definition) is 1. The van der Waals surface area contributed by atoms with Gasteiger partial charge in [0.1, 0.15) is 11.6 Å². The van der Waals surface area contributed by atoms with E-state index in [9.17, 15) is 13.2 Å². The fraction of sp³-hybridized carbons (Fsp3) is 0.133. The van der Waals surface area contributed by atoms with Crippen molar-refractivity contribution in [2.24, 2.45) is 0 Å². The Kier molecular flexibility index (Phi) is 3.96. The van der Waals surface area contributed by atoms with E-state index in [-0.39, 0.29) is 17.7 Å². The molecule has 1 atom stereocenters. The summed E-state index contributed by atoms with van der Waals surface area (Å²) in [6, 6.07) is 3.03. The Labute approximate surface area is 129 Å². The van der Waals surface area contributed by atoms with Crippen molar-refractivity contribution >= 4 is 5.95 Å². The number of anilines is 1. The summed E-state index contributed by atoms with van der Waals surface area (Å²) in [7, 11) is 0. The van der Waals surface area contributed by atoms with E-state index in [4.69, 9.17) is 0 Å². The van der Waals surface area contributed by atoms with Gasteiger partial charge in [0, 0.05) is 12.3 Å². The summed E-state index contributed by atoms with van der Waals surface area (Å²) in [5, 5.41) is 2.96. The third-order valence-electron chi connectivity index (χ3n) is 3.20. The number of nitrogens with one attached hydrogen (secondary N) is 1. The van der Waals surface area contributed by atoms with Gasteiger partial charge >= 0.3 is 0 Å². The summed E-state index contributed by atoms with van der Waals surface area (Å²) in [4.78, 5) is 11.8. The van der Waals surface area contributed by atoms with Crippen molar-refractivity contribution in [2.45, 2.75) is 13.0 Å². The molecule has 0 amide bonds. The minimum Gasteiger partial charge on any atom is -0.346 e. The molecule has 1 aromatic carbocycles. The molecule has 3 aromatic rings. The Morgan fingerprint density at radius 2 is 1.78 bits per heavy atom. The highest BCUT2D eigenvalue weighted by Crippen LogP contribution is 2.19. The molecule has 8 heteroatoms. The summed E-state index contributed by atoms with van der Waals surface area (Å²) >= 11 is 0. The van der Waals surface area contributed by atoms with Crippen molar-refractivity contribution < 1.29 is 13.2 Å². The third-order valence-corrected chi connectivity index (χ3v) is 3.20.